The zero-order valence-corrected chi connectivity index (χ0v) is 6.51. The average molecular weight is 166 g/mol. The summed E-state index contributed by atoms with van der Waals surface area (Å²) in [5.74, 6) is 0. The Morgan fingerprint density at radius 2 is 2.18 bits per heavy atom. The van der Waals surface area contributed by atoms with Crippen LogP contribution in [0, 0.1) is 0 Å². The van der Waals surface area contributed by atoms with Gasteiger partial charge in [0.15, 0.2) is 6.29 Å². The van der Waals surface area contributed by atoms with Crippen LogP contribution in [-0.2, 0) is 4.79 Å². The number of hydrogen-bond acceptors (Lipinski definition) is 3. The van der Waals surface area contributed by atoms with E-state index in [-0.39, 0.29) is 0 Å². The van der Waals surface area contributed by atoms with E-state index in [1.807, 2.05) is 5.38 Å². The molecule has 0 aromatic carbocycles. The Bertz CT molecular complexity index is 286. The number of thiophene rings is 1. The Morgan fingerprint density at radius 3 is 2.73 bits per heavy atom. The summed E-state index contributed by atoms with van der Waals surface area (Å²) in [5.41, 5.74) is 0.893. The lowest BCUT2D eigenvalue weighted by Crippen LogP contribution is -1.66. The molecule has 0 bridgehead atoms. The summed E-state index contributed by atoms with van der Waals surface area (Å²) in [6, 6.07) is 1.73. The molecule has 0 saturated heterocycles. The van der Waals surface area contributed by atoms with Crippen LogP contribution in [0.15, 0.2) is 17.5 Å². The highest BCUT2D eigenvalue weighted by Crippen LogP contribution is 2.13. The molecule has 0 spiro atoms. The third kappa shape index (κ3) is 2.13. The lowest BCUT2D eigenvalue weighted by atomic mass is 10.3. The summed E-state index contributed by atoms with van der Waals surface area (Å²) < 4.78 is 0. The van der Waals surface area contributed by atoms with Crippen LogP contribution >= 0.6 is 11.3 Å². The van der Waals surface area contributed by atoms with Gasteiger partial charge >= 0.3 is 0 Å². The van der Waals surface area contributed by atoms with Gasteiger partial charge in [-0.1, -0.05) is 6.08 Å². The standard InChI is InChI=1S/C8H6O2S/c9-3-1-2-7-4-8(5-10)11-6-7/h1-6H. The summed E-state index contributed by atoms with van der Waals surface area (Å²) in [6.07, 6.45) is 4.56. The predicted octanol–water partition coefficient (Wildman–Crippen LogP) is 1.77. The van der Waals surface area contributed by atoms with Crippen LogP contribution in [0.2, 0.25) is 0 Å². The molecule has 0 aliphatic carbocycles. The lowest BCUT2D eigenvalue weighted by Gasteiger charge is -1.76. The fraction of sp³-hybridized carbons (Fsp3) is 0. The van der Waals surface area contributed by atoms with E-state index in [1.165, 1.54) is 17.4 Å². The number of carbonyl (C=O) groups is 2. The second kappa shape index (κ2) is 3.83. The van der Waals surface area contributed by atoms with Gasteiger partial charge in [-0.3, -0.25) is 9.59 Å². The topological polar surface area (TPSA) is 34.1 Å². The van der Waals surface area contributed by atoms with Gasteiger partial charge in [0.05, 0.1) is 4.88 Å². The van der Waals surface area contributed by atoms with Crippen molar-refractivity contribution in [3.05, 3.63) is 28.0 Å². The minimum atomic E-state index is 0.676. The molecule has 1 rings (SSSR count). The minimum absolute atomic E-state index is 0.676. The third-order valence-corrected chi connectivity index (χ3v) is 2.00. The van der Waals surface area contributed by atoms with E-state index < -0.39 is 0 Å². The highest BCUT2D eigenvalue weighted by Gasteiger charge is 1.93. The molecule has 0 aliphatic rings. The van der Waals surface area contributed by atoms with Gasteiger partial charge in [0, 0.05) is 0 Å². The Labute approximate surface area is 68.2 Å². The smallest absolute Gasteiger partial charge is 0.160 e. The van der Waals surface area contributed by atoms with Crippen LogP contribution in [-0.4, -0.2) is 12.6 Å². The average Bonchev–Trinajstić information content (AvgIpc) is 2.48. The molecule has 2 nitrogen and oxygen atoms in total. The number of carbonyl (C=O) groups excluding carboxylic acids is 2. The molecule has 0 aliphatic heterocycles. The molecule has 0 atom stereocenters. The number of rotatable bonds is 3. The SMILES string of the molecule is O=CC=Cc1csc(C=O)c1. The van der Waals surface area contributed by atoms with Crippen LogP contribution < -0.4 is 0 Å². The molecule has 0 unspecified atom stereocenters. The highest BCUT2D eigenvalue weighted by atomic mass is 32.1. The first kappa shape index (κ1) is 7.88. The lowest BCUT2D eigenvalue weighted by molar-refractivity contribution is -0.104. The van der Waals surface area contributed by atoms with Gasteiger partial charge in [-0.15, -0.1) is 11.3 Å². The summed E-state index contributed by atoms with van der Waals surface area (Å²) in [6.45, 7) is 0. The van der Waals surface area contributed by atoms with E-state index in [1.54, 1.807) is 12.1 Å². The fourth-order valence-corrected chi connectivity index (χ4v) is 1.35. The van der Waals surface area contributed by atoms with Crippen molar-refractivity contribution >= 4 is 30.0 Å². The first-order chi connectivity index (χ1) is 5.36. The second-order valence-corrected chi connectivity index (χ2v) is 2.84. The van der Waals surface area contributed by atoms with Gasteiger partial charge in [-0.05, 0) is 23.1 Å². The molecule has 1 heterocycles. The van der Waals surface area contributed by atoms with Crippen molar-refractivity contribution in [3.8, 4) is 0 Å². The Kier molecular flexibility index (Phi) is 2.74. The van der Waals surface area contributed by atoms with Crippen molar-refractivity contribution in [2.24, 2.45) is 0 Å². The molecular weight excluding hydrogens is 160 g/mol. The molecule has 11 heavy (non-hydrogen) atoms. The van der Waals surface area contributed by atoms with Crippen LogP contribution in [0.4, 0.5) is 0 Å². The van der Waals surface area contributed by atoms with E-state index in [2.05, 4.69) is 0 Å². The molecule has 1 aromatic rings. The van der Waals surface area contributed by atoms with Crippen LogP contribution in [0.5, 0.6) is 0 Å². The third-order valence-electron chi connectivity index (χ3n) is 1.12. The van der Waals surface area contributed by atoms with Gasteiger partial charge in [0.1, 0.15) is 6.29 Å². The molecule has 0 saturated carbocycles. The van der Waals surface area contributed by atoms with Crippen LogP contribution in [0.3, 0.4) is 0 Å². The zero-order chi connectivity index (χ0) is 8.10. The van der Waals surface area contributed by atoms with E-state index in [4.69, 9.17) is 0 Å². The molecule has 1 aromatic heterocycles. The highest BCUT2D eigenvalue weighted by molar-refractivity contribution is 7.11. The number of aldehydes is 2. The number of allylic oxidation sites excluding steroid dienone is 1. The predicted molar refractivity (Wildman–Crippen MR) is 44.8 cm³/mol. The van der Waals surface area contributed by atoms with E-state index in [0.29, 0.717) is 11.2 Å². The number of hydrogen-bond donors (Lipinski definition) is 0. The summed E-state index contributed by atoms with van der Waals surface area (Å²) in [4.78, 5) is 20.8. The first-order valence-corrected chi connectivity index (χ1v) is 3.90. The van der Waals surface area contributed by atoms with Gasteiger partial charge in [0.25, 0.3) is 0 Å². The Balaban J connectivity index is 2.80. The van der Waals surface area contributed by atoms with Crippen molar-refractivity contribution < 1.29 is 9.59 Å². The molecular formula is C8H6O2S. The quantitative estimate of drug-likeness (QED) is 0.506. The first-order valence-electron chi connectivity index (χ1n) is 3.02. The van der Waals surface area contributed by atoms with Crippen molar-refractivity contribution in [1.29, 1.82) is 0 Å². The van der Waals surface area contributed by atoms with Crippen molar-refractivity contribution in [3.63, 3.8) is 0 Å². The van der Waals surface area contributed by atoms with Crippen LogP contribution in [0.1, 0.15) is 15.2 Å². The maximum Gasteiger partial charge on any atom is 0.160 e. The largest absolute Gasteiger partial charge is 0.299 e. The Morgan fingerprint density at radius 1 is 1.36 bits per heavy atom. The van der Waals surface area contributed by atoms with Crippen molar-refractivity contribution in [2.75, 3.05) is 0 Å². The minimum Gasteiger partial charge on any atom is -0.299 e. The normalized spacial score (nSPS) is 10.2. The maximum absolute atomic E-state index is 10.2. The zero-order valence-electron chi connectivity index (χ0n) is 5.69. The Hall–Kier alpha value is -1.22. The molecule has 3 heteroatoms. The van der Waals surface area contributed by atoms with Crippen LogP contribution in [0.25, 0.3) is 6.08 Å². The molecule has 0 fully saturated rings. The summed E-state index contributed by atoms with van der Waals surface area (Å²) >= 11 is 1.36. The van der Waals surface area contributed by atoms with E-state index >= 15 is 0 Å². The summed E-state index contributed by atoms with van der Waals surface area (Å²) in [7, 11) is 0. The monoisotopic (exact) mass is 166 g/mol. The van der Waals surface area contributed by atoms with Gasteiger partial charge in [-0.2, -0.15) is 0 Å². The fourth-order valence-electron chi connectivity index (χ4n) is 0.668. The van der Waals surface area contributed by atoms with Gasteiger partial charge in [0.2, 0.25) is 0 Å². The van der Waals surface area contributed by atoms with Gasteiger partial charge < -0.3 is 0 Å². The summed E-state index contributed by atoms with van der Waals surface area (Å²) in [5, 5.41) is 1.82. The molecule has 56 valence electrons. The van der Waals surface area contributed by atoms with Gasteiger partial charge in [-0.25, -0.2) is 0 Å². The molecule has 0 N–H and O–H groups in total. The van der Waals surface area contributed by atoms with E-state index in [9.17, 15) is 9.59 Å². The van der Waals surface area contributed by atoms with Crippen molar-refractivity contribution in [1.82, 2.24) is 0 Å². The molecule has 0 radical (unpaired) electrons. The maximum atomic E-state index is 10.2. The molecule has 0 amide bonds. The second-order valence-electron chi connectivity index (χ2n) is 1.90. The van der Waals surface area contributed by atoms with E-state index in [0.717, 1.165) is 11.8 Å². The van der Waals surface area contributed by atoms with Crippen molar-refractivity contribution in [2.45, 2.75) is 0 Å².